The van der Waals surface area contributed by atoms with Gasteiger partial charge in [0.15, 0.2) is 5.78 Å². The lowest BCUT2D eigenvalue weighted by atomic mass is 9.87. The number of carbonyl (C=O) groups is 2. The van der Waals surface area contributed by atoms with Crippen molar-refractivity contribution < 1.29 is 19.6 Å². The summed E-state index contributed by atoms with van der Waals surface area (Å²) in [7, 11) is 0. The monoisotopic (exact) mass is 414 g/mol. The Kier molecular flexibility index (Phi) is 5.19. The molecular formula is C23H16N3O5-. The van der Waals surface area contributed by atoms with Crippen LogP contribution in [-0.4, -0.2) is 16.7 Å². The number of amides is 2. The number of hydrogen-bond donors (Lipinski definition) is 2. The van der Waals surface area contributed by atoms with E-state index >= 15 is 0 Å². The highest BCUT2D eigenvalue weighted by Gasteiger charge is 2.34. The van der Waals surface area contributed by atoms with Crippen LogP contribution >= 0.6 is 0 Å². The number of nitrogens with one attached hydrogen (secondary N) is 2. The smallest absolute Gasteiger partial charge is 0.320 e. The van der Waals surface area contributed by atoms with Gasteiger partial charge in [0.1, 0.15) is 0 Å². The summed E-state index contributed by atoms with van der Waals surface area (Å²) in [6, 6.07) is 19.3. The number of nitro groups is 1. The second-order valence-corrected chi connectivity index (χ2v) is 6.87. The van der Waals surface area contributed by atoms with Crippen LogP contribution in [0.5, 0.6) is 5.75 Å². The predicted octanol–water partition coefficient (Wildman–Crippen LogP) is 3.32. The molecule has 0 radical (unpaired) electrons. The van der Waals surface area contributed by atoms with Gasteiger partial charge in [-0.2, -0.15) is 0 Å². The molecule has 0 fully saturated rings. The largest absolute Gasteiger partial charge is 0.868 e. The number of benzene rings is 3. The van der Waals surface area contributed by atoms with Crippen molar-refractivity contribution in [2.45, 2.75) is 6.04 Å². The van der Waals surface area contributed by atoms with E-state index in [1.165, 1.54) is 6.07 Å². The number of ketones is 1. The van der Waals surface area contributed by atoms with Crippen molar-refractivity contribution in [2.75, 3.05) is 0 Å². The van der Waals surface area contributed by atoms with Gasteiger partial charge in [0.25, 0.3) is 5.69 Å². The minimum Gasteiger partial charge on any atom is -0.868 e. The number of rotatable bonds is 5. The zero-order valence-electron chi connectivity index (χ0n) is 16.1. The van der Waals surface area contributed by atoms with Gasteiger partial charge in [0.2, 0.25) is 0 Å². The minimum atomic E-state index is -0.990. The summed E-state index contributed by atoms with van der Waals surface area (Å²) in [6.07, 6.45) is 0. The first-order valence-corrected chi connectivity index (χ1v) is 9.38. The minimum absolute atomic E-state index is 0.213. The normalized spacial score (nSPS) is 15.7. The standard InChI is InChI=1S/C23H17N3O5/c27-18-12-11-16(13-17(18)26(30)31)21-19(22(28)15-9-5-2-6-10-15)20(24-23(29)25-21)14-7-3-1-4-8-14/h1-13,21,27H,(H2,24,25,29)/p-1/t21-/m0/s1. The van der Waals surface area contributed by atoms with E-state index in [9.17, 15) is 24.8 Å². The fourth-order valence-electron chi connectivity index (χ4n) is 3.49. The quantitative estimate of drug-likeness (QED) is 0.376. The van der Waals surface area contributed by atoms with Crippen molar-refractivity contribution in [3.8, 4) is 5.75 Å². The zero-order valence-corrected chi connectivity index (χ0v) is 16.1. The Labute approximate surface area is 177 Å². The van der Waals surface area contributed by atoms with E-state index in [1.807, 2.05) is 0 Å². The van der Waals surface area contributed by atoms with Gasteiger partial charge < -0.3 is 15.7 Å². The third-order valence-electron chi connectivity index (χ3n) is 4.93. The van der Waals surface area contributed by atoms with Gasteiger partial charge >= 0.3 is 6.03 Å². The van der Waals surface area contributed by atoms with Gasteiger partial charge in [-0.05, 0) is 16.9 Å². The second kappa shape index (κ2) is 8.11. The number of carbonyl (C=O) groups excluding carboxylic acids is 2. The summed E-state index contributed by atoms with van der Waals surface area (Å²) in [4.78, 5) is 36.5. The van der Waals surface area contributed by atoms with Crippen molar-refractivity contribution in [1.29, 1.82) is 0 Å². The molecule has 1 aliphatic heterocycles. The molecule has 4 rings (SSSR count). The molecule has 3 aromatic rings. The topological polar surface area (TPSA) is 124 Å². The molecule has 0 saturated heterocycles. The summed E-state index contributed by atoms with van der Waals surface area (Å²) in [5, 5.41) is 28.5. The Morgan fingerprint density at radius 1 is 0.935 bits per heavy atom. The summed E-state index contributed by atoms with van der Waals surface area (Å²) >= 11 is 0. The molecule has 0 aromatic heterocycles. The molecule has 0 bridgehead atoms. The maximum atomic E-state index is 13.5. The molecule has 31 heavy (non-hydrogen) atoms. The number of nitrogens with zero attached hydrogens (tertiary/aromatic N) is 1. The lowest BCUT2D eigenvalue weighted by molar-refractivity contribution is -0.398. The molecule has 154 valence electrons. The van der Waals surface area contributed by atoms with Crippen LogP contribution in [0.25, 0.3) is 5.70 Å². The fraction of sp³-hybridized carbons (Fsp3) is 0.0435. The van der Waals surface area contributed by atoms with E-state index in [2.05, 4.69) is 10.6 Å². The van der Waals surface area contributed by atoms with E-state index < -0.39 is 28.4 Å². The van der Waals surface area contributed by atoms with E-state index in [4.69, 9.17) is 0 Å². The van der Waals surface area contributed by atoms with Gasteiger partial charge in [-0.1, -0.05) is 72.8 Å². The second-order valence-electron chi connectivity index (χ2n) is 6.87. The third-order valence-corrected chi connectivity index (χ3v) is 4.93. The maximum absolute atomic E-state index is 13.5. The summed E-state index contributed by atoms with van der Waals surface area (Å²) in [5.74, 6) is -1.11. The summed E-state index contributed by atoms with van der Waals surface area (Å²) in [5.41, 5.74) is 1.15. The van der Waals surface area contributed by atoms with Crippen LogP contribution in [0.1, 0.15) is 27.5 Å². The Morgan fingerprint density at radius 2 is 1.58 bits per heavy atom. The van der Waals surface area contributed by atoms with Gasteiger partial charge in [-0.3, -0.25) is 14.9 Å². The highest BCUT2D eigenvalue weighted by molar-refractivity contribution is 6.16. The highest BCUT2D eigenvalue weighted by atomic mass is 16.6. The fourth-order valence-corrected chi connectivity index (χ4v) is 3.49. The van der Waals surface area contributed by atoms with E-state index in [0.717, 1.165) is 12.1 Å². The van der Waals surface area contributed by atoms with Crippen molar-refractivity contribution in [3.63, 3.8) is 0 Å². The lowest BCUT2D eigenvalue weighted by Crippen LogP contribution is -2.45. The van der Waals surface area contributed by atoms with E-state index in [1.54, 1.807) is 60.7 Å². The molecule has 2 N–H and O–H groups in total. The van der Waals surface area contributed by atoms with Gasteiger partial charge in [-0.25, -0.2) is 4.79 Å². The molecule has 0 aliphatic carbocycles. The first-order chi connectivity index (χ1) is 15.0. The summed E-state index contributed by atoms with van der Waals surface area (Å²) in [6.45, 7) is 0. The van der Waals surface area contributed by atoms with Crippen LogP contribution in [0.3, 0.4) is 0 Å². The Morgan fingerprint density at radius 3 is 2.23 bits per heavy atom. The first-order valence-electron chi connectivity index (χ1n) is 9.38. The van der Waals surface area contributed by atoms with Crippen LogP contribution in [0.15, 0.2) is 84.4 Å². The molecule has 0 saturated carbocycles. The molecule has 1 heterocycles. The predicted molar refractivity (Wildman–Crippen MR) is 111 cm³/mol. The number of hydrogen-bond acceptors (Lipinski definition) is 5. The summed E-state index contributed by atoms with van der Waals surface area (Å²) < 4.78 is 0. The highest BCUT2D eigenvalue weighted by Crippen LogP contribution is 2.36. The van der Waals surface area contributed by atoms with Crippen LogP contribution in [0, 0.1) is 10.1 Å². The Balaban J connectivity index is 1.94. The molecule has 8 heteroatoms. The van der Waals surface area contributed by atoms with Crippen molar-refractivity contribution >= 4 is 23.2 Å². The SMILES string of the molecule is O=C1NC(c2ccccc2)=C(C(=O)c2ccccc2)[C@H](c2ccc([O-])c([N+](=O)[O-])c2)N1. The molecule has 0 spiro atoms. The molecule has 3 aromatic carbocycles. The van der Waals surface area contributed by atoms with Crippen molar-refractivity contribution in [1.82, 2.24) is 10.6 Å². The van der Waals surface area contributed by atoms with Crippen molar-refractivity contribution in [2.24, 2.45) is 0 Å². The Bertz CT molecular complexity index is 1210. The van der Waals surface area contributed by atoms with Gasteiger partial charge in [-0.15, -0.1) is 0 Å². The van der Waals surface area contributed by atoms with Gasteiger partial charge in [0.05, 0.1) is 22.2 Å². The van der Waals surface area contributed by atoms with Gasteiger partial charge in [0, 0.05) is 11.6 Å². The first kappa shape index (κ1) is 19.8. The molecule has 8 nitrogen and oxygen atoms in total. The van der Waals surface area contributed by atoms with Crippen LogP contribution in [-0.2, 0) is 0 Å². The number of Topliss-reactive ketones (excluding diaryl/α,β-unsaturated/α-hetero) is 1. The van der Waals surface area contributed by atoms with Crippen LogP contribution < -0.4 is 15.7 Å². The van der Waals surface area contributed by atoms with Crippen LogP contribution in [0.2, 0.25) is 0 Å². The molecule has 0 unspecified atom stereocenters. The van der Waals surface area contributed by atoms with E-state index in [-0.39, 0.29) is 16.9 Å². The molecule has 1 aliphatic rings. The van der Waals surface area contributed by atoms with Crippen LogP contribution in [0.4, 0.5) is 10.5 Å². The Hall–Kier alpha value is -4.46. The van der Waals surface area contributed by atoms with E-state index in [0.29, 0.717) is 16.8 Å². The lowest BCUT2D eigenvalue weighted by Gasteiger charge is -2.30. The maximum Gasteiger partial charge on any atom is 0.320 e. The molecule has 1 atom stereocenters. The average Bonchev–Trinajstić information content (AvgIpc) is 2.79. The van der Waals surface area contributed by atoms with Crippen molar-refractivity contribution in [3.05, 3.63) is 111 Å². The number of urea groups is 1. The average molecular weight is 414 g/mol. The number of nitro benzene ring substituents is 1. The molecular weight excluding hydrogens is 398 g/mol. The zero-order chi connectivity index (χ0) is 22.0. The third kappa shape index (κ3) is 3.86. The molecule has 2 amide bonds.